The van der Waals surface area contributed by atoms with Gasteiger partial charge in [0, 0.05) is 12.1 Å². The van der Waals surface area contributed by atoms with E-state index in [2.05, 4.69) is 10.2 Å². The molecule has 0 saturated heterocycles. The number of ether oxygens (including phenoxy) is 1. The van der Waals surface area contributed by atoms with Crippen molar-refractivity contribution < 1.29 is 9.13 Å². The van der Waals surface area contributed by atoms with E-state index in [4.69, 9.17) is 4.74 Å². The summed E-state index contributed by atoms with van der Waals surface area (Å²) in [7, 11) is 0. The molecule has 0 bridgehead atoms. The standard InChI is InChI=1S/C13H13FN2O/c1-9(2)12-6-7-13(16-15-12)17-11-5-3-4-10(14)8-11/h3-9H,1-2H3. The van der Waals surface area contributed by atoms with Crippen LogP contribution in [0.1, 0.15) is 25.5 Å². The fourth-order valence-corrected chi connectivity index (χ4v) is 1.34. The van der Waals surface area contributed by atoms with Crippen molar-refractivity contribution in [2.24, 2.45) is 0 Å². The average Bonchev–Trinajstić information content (AvgIpc) is 2.29. The van der Waals surface area contributed by atoms with Gasteiger partial charge in [-0.15, -0.1) is 5.10 Å². The van der Waals surface area contributed by atoms with Crippen molar-refractivity contribution in [2.75, 3.05) is 0 Å². The Balaban J connectivity index is 2.14. The zero-order valence-electron chi connectivity index (χ0n) is 9.72. The van der Waals surface area contributed by atoms with E-state index >= 15 is 0 Å². The summed E-state index contributed by atoms with van der Waals surface area (Å²) >= 11 is 0. The van der Waals surface area contributed by atoms with Crippen LogP contribution < -0.4 is 4.74 Å². The van der Waals surface area contributed by atoms with Crippen molar-refractivity contribution in [3.63, 3.8) is 0 Å². The number of nitrogens with zero attached hydrogens (tertiary/aromatic N) is 2. The molecule has 0 fully saturated rings. The molecule has 1 aromatic heterocycles. The van der Waals surface area contributed by atoms with E-state index < -0.39 is 0 Å². The summed E-state index contributed by atoms with van der Waals surface area (Å²) in [5.74, 6) is 0.761. The molecule has 17 heavy (non-hydrogen) atoms. The third-order valence-corrected chi connectivity index (χ3v) is 2.27. The molecule has 0 aliphatic heterocycles. The Morgan fingerprint density at radius 3 is 2.53 bits per heavy atom. The minimum Gasteiger partial charge on any atom is -0.437 e. The van der Waals surface area contributed by atoms with Crippen LogP contribution in [0.4, 0.5) is 4.39 Å². The number of hydrogen-bond acceptors (Lipinski definition) is 3. The summed E-state index contributed by atoms with van der Waals surface area (Å²) in [6.45, 7) is 4.08. The van der Waals surface area contributed by atoms with Gasteiger partial charge in [-0.2, -0.15) is 5.10 Å². The van der Waals surface area contributed by atoms with Crippen LogP contribution in [0.3, 0.4) is 0 Å². The van der Waals surface area contributed by atoms with Crippen LogP contribution in [0.25, 0.3) is 0 Å². The minimum atomic E-state index is -0.339. The molecule has 88 valence electrons. The van der Waals surface area contributed by atoms with Crippen LogP contribution in [0.15, 0.2) is 36.4 Å². The molecule has 1 heterocycles. The lowest BCUT2D eigenvalue weighted by atomic mass is 10.1. The van der Waals surface area contributed by atoms with E-state index in [9.17, 15) is 4.39 Å². The zero-order chi connectivity index (χ0) is 12.3. The average molecular weight is 232 g/mol. The van der Waals surface area contributed by atoms with Crippen molar-refractivity contribution in [3.05, 3.63) is 47.9 Å². The summed E-state index contributed by atoms with van der Waals surface area (Å²) < 4.78 is 18.3. The number of halogens is 1. The highest BCUT2D eigenvalue weighted by molar-refractivity contribution is 5.27. The van der Waals surface area contributed by atoms with Gasteiger partial charge in [-0.3, -0.25) is 0 Å². The van der Waals surface area contributed by atoms with Crippen molar-refractivity contribution in [1.29, 1.82) is 0 Å². The first-order valence-corrected chi connectivity index (χ1v) is 5.42. The van der Waals surface area contributed by atoms with Crippen LogP contribution in [-0.2, 0) is 0 Å². The second kappa shape index (κ2) is 4.91. The van der Waals surface area contributed by atoms with E-state index in [0.717, 1.165) is 5.69 Å². The lowest BCUT2D eigenvalue weighted by Gasteiger charge is -2.06. The molecule has 0 unspecified atom stereocenters. The molecule has 2 rings (SSSR count). The van der Waals surface area contributed by atoms with Gasteiger partial charge in [0.05, 0.1) is 5.69 Å². The summed E-state index contributed by atoms with van der Waals surface area (Å²) in [5, 5.41) is 7.96. The van der Waals surface area contributed by atoms with Crippen LogP contribution in [0, 0.1) is 5.82 Å². The monoisotopic (exact) mass is 232 g/mol. The van der Waals surface area contributed by atoms with Crippen LogP contribution in [0.5, 0.6) is 11.6 Å². The molecular weight excluding hydrogens is 219 g/mol. The number of rotatable bonds is 3. The number of hydrogen-bond donors (Lipinski definition) is 0. The second-order valence-electron chi connectivity index (χ2n) is 4.01. The Hall–Kier alpha value is -1.97. The summed E-state index contributed by atoms with van der Waals surface area (Å²) in [6, 6.07) is 9.50. The maximum Gasteiger partial charge on any atom is 0.238 e. The Bertz CT molecular complexity index is 497. The summed E-state index contributed by atoms with van der Waals surface area (Å²) in [6.07, 6.45) is 0. The summed E-state index contributed by atoms with van der Waals surface area (Å²) in [5.41, 5.74) is 0.900. The molecule has 0 atom stereocenters. The van der Waals surface area contributed by atoms with Crippen LogP contribution in [-0.4, -0.2) is 10.2 Å². The highest BCUT2D eigenvalue weighted by Gasteiger charge is 2.04. The molecule has 0 amide bonds. The molecule has 0 spiro atoms. The molecule has 3 nitrogen and oxygen atoms in total. The molecular formula is C13H13FN2O. The number of benzene rings is 1. The Morgan fingerprint density at radius 2 is 1.94 bits per heavy atom. The first kappa shape index (κ1) is 11.5. The fraction of sp³-hybridized carbons (Fsp3) is 0.231. The van der Waals surface area contributed by atoms with Gasteiger partial charge in [-0.05, 0) is 24.1 Å². The first-order valence-electron chi connectivity index (χ1n) is 5.42. The summed E-state index contributed by atoms with van der Waals surface area (Å²) in [4.78, 5) is 0. The van der Waals surface area contributed by atoms with Crippen molar-refractivity contribution in [3.8, 4) is 11.6 Å². The Labute approximate surface area is 99.3 Å². The van der Waals surface area contributed by atoms with E-state index in [-0.39, 0.29) is 5.82 Å². The largest absolute Gasteiger partial charge is 0.437 e. The van der Waals surface area contributed by atoms with E-state index in [1.807, 2.05) is 19.9 Å². The Morgan fingerprint density at radius 1 is 1.12 bits per heavy atom. The van der Waals surface area contributed by atoms with Gasteiger partial charge in [0.1, 0.15) is 11.6 Å². The smallest absolute Gasteiger partial charge is 0.238 e. The van der Waals surface area contributed by atoms with Crippen molar-refractivity contribution in [1.82, 2.24) is 10.2 Å². The van der Waals surface area contributed by atoms with E-state index in [0.29, 0.717) is 17.5 Å². The van der Waals surface area contributed by atoms with Gasteiger partial charge in [0.2, 0.25) is 5.88 Å². The highest BCUT2D eigenvalue weighted by atomic mass is 19.1. The van der Waals surface area contributed by atoms with E-state index in [1.54, 1.807) is 18.2 Å². The molecule has 0 saturated carbocycles. The van der Waals surface area contributed by atoms with Crippen molar-refractivity contribution in [2.45, 2.75) is 19.8 Å². The minimum absolute atomic E-state index is 0.325. The van der Waals surface area contributed by atoms with E-state index in [1.165, 1.54) is 12.1 Å². The molecule has 2 aromatic rings. The van der Waals surface area contributed by atoms with Gasteiger partial charge in [-0.25, -0.2) is 4.39 Å². The molecule has 0 radical (unpaired) electrons. The van der Waals surface area contributed by atoms with Crippen LogP contribution >= 0.6 is 0 Å². The highest BCUT2D eigenvalue weighted by Crippen LogP contribution is 2.20. The normalized spacial score (nSPS) is 10.6. The third-order valence-electron chi connectivity index (χ3n) is 2.27. The lowest BCUT2D eigenvalue weighted by molar-refractivity contribution is 0.449. The van der Waals surface area contributed by atoms with Crippen molar-refractivity contribution >= 4 is 0 Å². The predicted octanol–water partition coefficient (Wildman–Crippen LogP) is 3.53. The molecule has 0 aliphatic rings. The maximum absolute atomic E-state index is 12.9. The zero-order valence-corrected chi connectivity index (χ0v) is 9.72. The lowest BCUT2D eigenvalue weighted by Crippen LogP contribution is -1.96. The molecule has 0 N–H and O–H groups in total. The molecule has 1 aromatic carbocycles. The topological polar surface area (TPSA) is 35.0 Å². The SMILES string of the molecule is CC(C)c1ccc(Oc2cccc(F)c2)nn1. The van der Waals surface area contributed by atoms with Gasteiger partial charge in [0.15, 0.2) is 0 Å². The third kappa shape index (κ3) is 3.00. The van der Waals surface area contributed by atoms with Gasteiger partial charge < -0.3 is 4.74 Å². The van der Waals surface area contributed by atoms with Crippen LogP contribution in [0.2, 0.25) is 0 Å². The van der Waals surface area contributed by atoms with Gasteiger partial charge in [-0.1, -0.05) is 19.9 Å². The van der Waals surface area contributed by atoms with Gasteiger partial charge in [0.25, 0.3) is 0 Å². The maximum atomic E-state index is 12.9. The predicted molar refractivity (Wildman–Crippen MR) is 62.6 cm³/mol. The molecule has 4 heteroatoms. The fourth-order valence-electron chi connectivity index (χ4n) is 1.34. The van der Waals surface area contributed by atoms with Gasteiger partial charge >= 0.3 is 0 Å². The Kier molecular flexibility index (Phi) is 3.32. The number of aromatic nitrogens is 2. The quantitative estimate of drug-likeness (QED) is 0.812. The molecule has 0 aliphatic carbocycles. The second-order valence-corrected chi connectivity index (χ2v) is 4.01. The first-order chi connectivity index (χ1) is 8.15.